The van der Waals surface area contributed by atoms with E-state index in [0.717, 1.165) is 48.9 Å². The zero-order valence-electron chi connectivity index (χ0n) is 16.9. The van der Waals surface area contributed by atoms with Gasteiger partial charge < -0.3 is 20.3 Å². The average Bonchev–Trinajstić information content (AvgIpc) is 3.36. The Morgan fingerprint density at radius 3 is 2.14 bits per heavy atom. The molecule has 2 fully saturated rings. The lowest BCUT2D eigenvalue weighted by Crippen LogP contribution is -2.30. The average molecular weight is 416 g/mol. The maximum atomic E-state index is 4.91. The Kier molecular flexibility index (Phi) is 6.65. The lowest BCUT2D eigenvalue weighted by Gasteiger charge is -2.28. The molecule has 3 aromatic rings. The van der Waals surface area contributed by atoms with E-state index in [0.29, 0.717) is 0 Å². The lowest BCUT2D eigenvalue weighted by molar-refractivity contribution is 0.574. The standard InChI is InChI=1S/C22H27N5.ClH.H2O/c1-16-23-19-20(22(24-16)27-14-6-3-7-15-27)25-18(17-10-4-2-5-11-17)21(19)26-12-8-9-13-26;;/h2,4-5,10-11,25H,3,6-9,12-15H2,1H3;1H;1H2. The first-order valence-corrected chi connectivity index (χ1v) is 10.3. The fourth-order valence-corrected chi connectivity index (χ4v) is 4.54. The number of piperidine rings is 1. The second-order valence-corrected chi connectivity index (χ2v) is 7.77. The number of H-pyrrole nitrogens is 1. The van der Waals surface area contributed by atoms with Crippen molar-refractivity contribution in [3.8, 4) is 11.3 Å². The molecular formula is C22H30ClN5O. The molecule has 0 bridgehead atoms. The van der Waals surface area contributed by atoms with Crippen molar-refractivity contribution in [3.05, 3.63) is 36.2 Å². The summed E-state index contributed by atoms with van der Waals surface area (Å²) in [4.78, 5) is 18.5. The smallest absolute Gasteiger partial charge is 0.156 e. The van der Waals surface area contributed by atoms with Crippen molar-refractivity contribution < 1.29 is 5.48 Å². The van der Waals surface area contributed by atoms with E-state index in [2.05, 4.69) is 45.1 Å². The fraction of sp³-hybridized carbons (Fsp3) is 0.455. The molecule has 1 aromatic carbocycles. The topological polar surface area (TPSA) is 79.6 Å². The van der Waals surface area contributed by atoms with Crippen LogP contribution in [0.2, 0.25) is 0 Å². The van der Waals surface area contributed by atoms with Crippen molar-refractivity contribution >= 4 is 34.9 Å². The van der Waals surface area contributed by atoms with Gasteiger partial charge in [-0.25, -0.2) is 9.97 Å². The molecule has 0 atom stereocenters. The number of halogens is 1. The molecule has 0 radical (unpaired) electrons. The minimum Gasteiger partial charge on any atom is -0.412 e. The minimum absolute atomic E-state index is 0. The van der Waals surface area contributed by atoms with Crippen LogP contribution in [0, 0.1) is 6.92 Å². The number of nitrogens with zero attached hydrogens (tertiary/aromatic N) is 4. The molecule has 5 rings (SSSR count). The van der Waals surface area contributed by atoms with Crippen LogP contribution in [-0.2, 0) is 0 Å². The van der Waals surface area contributed by atoms with Gasteiger partial charge in [-0.3, -0.25) is 0 Å². The molecular weight excluding hydrogens is 386 g/mol. The molecule has 2 saturated heterocycles. The van der Waals surface area contributed by atoms with Gasteiger partial charge in [-0.05, 0) is 39.0 Å². The summed E-state index contributed by atoms with van der Waals surface area (Å²) in [6, 6.07) is 10.7. The van der Waals surface area contributed by atoms with Gasteiger partial charge in [0.25, 0.3) is 0 Å². The van der Waals surface area contributed by atoms with Crippen molar-refractivity contribution in [1.29, 1.82) is 0 Å². The van der Waals surface area contributed by atoms with E-state index in [9.17, 15) is 0 Å². The monoisotopic (exact) mass is 415 g/mol. The molecule has 0 unspecified atom stereocenters. The van der Waals surface area contributed by atoms with Crippen LogP contribution in [0.15, 0.2) is 30.3 Å². The molecule has 3 N–H and O–H groups in total. The number of aryl methyl sites for hydroxylation is 1. The summed E-state index contributed by atoms with van der Waals surface area (Å²) in [5, 5.41) is 0. The van der Waals surface area contributed by atoms with Crippen LogP contribution in [0.5, 0.6) is 0 Å². The summed E-state index contributed by atoms with van der Waals surface area (Å²) in [7, 11) is 0. The Balaban J connectivity index is 0.00000120. The summed E-state index contributed by atoms with van der Waals surface area (Å²) in [5.74, 6) is 1.95. The number of anilines is 2. The number of nitrogens with one attached hydrogen (secondary N) is 1. The number of benzene rings is 1. The van der Waals surface area contributed by atoms with E-state index in [4.69, 9.17) is 9.97 Å². The summed E-state index contributed by atoms with van der Waals surface area (Å²) < 4.78 is 0. The van der Waals surface area contributed by atoms with Gasteiger partial charge in [0.15, 0.2) is 5.82 Å². The lowest BCUT2D eigenvalue weighted by atomic mass is 10.1. The van der Waals surface area contributed by atoms with Crippen molar-refractivity contribution in [1.82, 2.24) is 15.0 Å². The SMILES string of the molecule is Cc1nc(N2CCCCC2)c2[nH]c(-c3ccccc3)c(N3CCCC3)c2n1.Cl.O. The third kappa shape index (κ3) is 3.91. The van der Waals surface area contributed by atoms with E-state index in [-0.39, 0.29) is 17.9 Å². The van der Waals surface area contributed by atoms with Crippen molar-refractivity contribution in [2.75, 3.05) is 36.0 Å². The first-order chi connectivity index (χ1) is 13.3. The maximum absolute atomic E-state index is 4.91. The van der Waals surface area contributed by atoms with Crippen molar-refractivity contribution in [3.63, 3.8) is 0 Å². The van der Waals surface area contributed by atoms with Crippen LogP contribution in [0.25, 0.3) is 22.3 Å². The van der Waals surface area contributed by atoms with E-state index in [1.54, 1.807) is 0 Å². The molecule has 4 heterocycles. The minimum atomic E-state index is 0. The molecule has 0 aliphatic carbocycles. The van der Waals surface area contributed by atoms with Crippen LogP contribution in [0.1, 0.15) is 37.9 Å². The predicted octanol–water partition coefficient (Wildman–Crippen LogP) is 4.12. The number of rotatable bonds is 3. The Hall–Kier alpha value is -2.31. The van der Waals surface area contributed by atoms with Crippen molar-refractivity contribution in [2.45, 2.75) is 39.0 Å². The Morgan fingerprint density at radius 2 is 1.45 bits per heavy atom. The number of fused-ring (bicyclic) bond motifs is 1. The Bertz CT molecular complexity index is 947. The second-order valence-electron chi connectivity index (χ2n) is 7.77. The van der Waals surface area contributed by atoms with Gasteiger partial charge in [-0.2, -0.15) is 0 Å². The highest BCUT2D eigenvalue weighted by Crippen LogP contribution is 2.41. The zero-order chi connectivity index (χ0) is 18.2. The van der Waals surface area contributed by atoms with Crippen LogP contribution in [-0.4, -0.2) is 46.6 Å². The van der Waals surface area contributed by atoms with Crippen LogP contribution in [0.4, 0.5) is 11.5 Å². The van der Waals surface area contributed by atoms with E-state index in [1.165, 1.54) is 49.0 Å². The molecule has 2 aliphatic heterocycles. The molecule has 0 amide bonds. The zero-order valence-corrected chi connectivity index (χ0v) is 17.8. The van der Waals surface area contributed by atoms with E-state index < -0.39 is 0 Å². The fourth-order valence-electron chi connectivity index (χ4n) is 4.54. The Morgan fingerprint density at radius 1 is 0.828 bits per heavy atom. The maximum Gasteiger partial charge on any atom is 0.156 e. The third-order valence-corrected chi connectivity index (χ3v) is 5.85. The molecule has 2 aromatic heterocycles. The third-order valence-electron chi connectivity index (χ3n) is 5.85. The van der Waals surface area contributed by atoms with Gasteiger partial charge >= 0.3 is 0 Å². The number of aromatic nitrogens is 3. The molecule has 0 spiro atoms. The number of hydrogen-bond acceptors (Lipinski definition) is 4. The molecule has 6 nitrogen and oxygen atoms in total. The van der Waals surface area contributed by atoms with Crippen LogP contribution in [0.3, 0.4) is 0 Å². The second kappa shape index (κ2) is 9.01. The van der Waals surface area contributed by atoms with Gasteiger partial charge in [0.2, 0.25) is 0 Å². The molecule has 7 heteroatoms. The first kappa shape index (κ1) is 21.4. The van der Waals surface area contributed by atoms with Crippen molar-refractivity contribution in [2.24, 2.45) is 0 Å². The summed E-state index contributed by atoms with van der Waals surface area (Å²) in [6.07, 6.45) is 6.32. The summed E-state index contributed by atoms with van der Waals surface area (Å²) in [5.41, 5.74) is 5.86. The van der Waals surface area contributed by atoms with Gasteiger partial charge in [-0.1, -0.05) is 30.3 Å². The van der Waals surface area contributed by atoms with Crippen LogP contribution < -0.4 is 9.80 Å². The van der Waals surface area contributed by atoms with E-state index in [1.807, 2.05) is 6.92 Å². The quantitative estimate of drug-likeness (QED) is 0.697. The first-order valence-electron chi connectivity index (χ1n) is 10.3. The largest absolute Gasteiger partial charge is 0.412 e. The Labute approximate surface area is 178 Å². The highest BCUT2D eigenvalue weighted by atomic mass is 35.5. The summed E-state index contributed by atoms with van der Waals surface area (Å²) in [6.45, 7) is 6.41. The highest BCUT2D eigenvalue weighted by molar-refractivity contribution is 6.03. The molecule has 0 saturated carbocycles. The molecule has 156 valence electrons. The van der Waals surface area contributed by atoms with Gasteiger partial charge in [0.1, 0.15) is 16.9 Å². The highest BCUT2D eigenvalue weighted by Gasteiger charge is 2.26. The van der Waals surface area contributed by atoms with Gasteiger partial charge in [0, 0.05) is 31.7 Å². The predicted molar refractivity (Wildman–Crippen MR) is 122 cm³/mol. The molecule has 2 aliphatic rings. The van der Waals surface area contributed by atoms with E-state index >= 15 is 0 Å². The number of hydrogen-bond donors (Lipinski definition) is 1. The normalized spacial score (nSPS) is 16.6. The van der Waals surface area contributed by atoms with Crippen LogP contribution >= 0.6 is 12.4 Å². The molecule has 29 heavy (non-hydrogen) atoms. The van der Waals surface area contributed by atoms with Gasteiger partial charge in [-0.15, -0.1) is 12.4 Å². The summed E-state index contributed by atoms with van der Waals surface area (Å²) >= 11 is 0. The van der Waals surface area contributed by atoms with Gasteiger partial charge in [0.05, 0.1) is 11.4 Å². The number of aromatic amines is 1.